The van der Waals surface area contributed by atoms with Gasteiger partial charge in [-0.05, 0) is 20.3 Å². The van der Waals surface area contributed by atoms with Gasteiger partial charge in [0.15, 0.2) is 0 Å². The van der Waals surface area contributed by atoms with Crippen LogP contribution in [0.1, 0.15) is 27.2 Å². The van der Waals surface area contributed by atoms with Crippen molar-refractivity contribution in [3.8, 4) is 0 Å². The molecule has 1 unspecified atom stereocenters. The van der Waals surface area contributed by atoms with E-state index in [9.17, 15) is 0 Å². The molecule has 0 saturated carbocycles. The zero-order chi connectivity index (χ0) is 10.2. The third-order valence-electron chi connectivity index (χ3n) is 3.40. The molecule has 0 aromatic heterocycles. The Hall–Kier alpha value is -0.120. The summed E-state index contributed by atoms with van der Waals surface area (Å²) in [5.41, 5.74) is 0.361. The lowest BCUT2D eigenvalue weighted by atomic mass is 9.87. The van der Waals surface area contributed by atoms with Gasteiger partial charge in [-0.2, -0.15) is 0 Å². The van der Waals surface area contributed by atoms with Crippen molar-refractivity contribution in [2.75, 3.05) is 26.4 Å². The first-order valence-corrected chi connectivity index (χ1v) is 5.47. The van der Waals surface area contributed by atoms with Crippen LogP contribution in [0.25, 0.3) is 0 Å². The Morgan fingerprint density at radius 3 is 2.43 bits per heavy atom. The van der Waals surface area contributed by atoms with Crippen molar-refractivity contribution in [3.63, 3.8) is 0 Å². The summed E-state index contributed by atoms with van der Waals surface area (Å²) in [5.74, 6) is 0. The van der Waals surface area contributed by atoms with Crippen molar-refractivity contribution in [2.24, 2.45) is 5.41 Å². The van der Waals surface area contributed by atoms with E-state index in [2.05, 4.69) is 26.1 Å². The van der Waals surface area contributed by atoms with Crippen LogP contribution in [0.4, 0.5) is 0 Å². The maximum absolute atomic E-state index is 5.68. The predicted molar refractivity (Wildman–Crippen MR) is 55.4 cm³/mol. The maximum Gasteiger partial charge on any atom is 0.0779 e. The average Bonchev–Trinajstić information content (AvgIpc) is 2.38. The van der Waals surface area contributed by atoms with Gasteiger partial charge in [0.25, 0.3) is 0 Å². The molecule has 2 rings (SSSR count). The van der Waals surface area contributed by atoms with E-state index in [1.165, 1.54) is 0 Å². The van der Waals surface area contributed by atoms with Gasteiger partial charge in [0.1, 0.15) is 0 Å². The summed E-state index contributed by atoms with van der Waals surface area (Å²) in [6.45, 7) is 10.3. The van der Waals surface area contributed by atoms with Gasteiger partial charge in [-0.3, -0.25) is 0 Å². The smallest absolute Gasteiger partial charge is 0.0779 e. The zero-order valence-electron chi connectivity index (χ0n) is 9.43. The lowest BCUT2D eigenvalue weighted by molar-refractivity contribution is -0.102. The SMILES string of the molecule is CC1(CNC2CCOC2(C)C)COC1. The van der Waals surface area contributed by atoms with Crippen molar-refractivity contribution in [1.29, 1.82) is 0 Å². The molecule has 2 aliphatic rings. The molecule has 0 aromatic rings. The quantitative estimate of drug-likeness (QED) is 0.740. The van der Waals surface area contributed by atoms with Crippen LogP contribution in [0.15, 0.2) is 0 Å². The van der Waals surface area contributed by atoms with Gasteiger partial charge >= 0.3 is 0 Å². The number of nitrogens with one attached hydrogen (secondary N) is 1. The maximum atomic E-state index is 5.68. The fraction of sp³-hybridized carbons (Fsp3) is 1.00. The van der Waals surface area contributed by atoms with Crippen molar-refractivity contribution in [1.82, 2.24) is 5.32 Å². The highest BCUT2D eigenvalue weighted by Crippen LogP contribution is 2.29. The monoisotopic (exact) mass is 199 g/mol. The molecule has 3 nitrogen and oxygen atoms in total. The molecule has 0 aromatic carbocycles. The van der Waals surface area contributed by atoms with Gasteiger partial charge in [0.05, 0.1) is 18.8 Å². The van der Waals surface area contributed by atoms with Crippen LogP contribution in [-0.4, -0.2) is 38.0 Å². The van der Waals surface area contributed by atoms with E-state index in [0.29, 0.717) is 11.5 Å². The fourth-order valence-corrected chi connectivity index (χ4v) is 2.16. The highest BCUT2D eigenvalue weighted by molar-refractivity contribution is 4.93. The summed E-state index contributed by atoms with van der Waals surface area (Å²) in [6, 6.07) is 0.500. The van der Waals surface area contributed by atoms with Crippen molar-refractivity contribution >= 4 is 0 Å². The van der Waals surface area contributed by atoms with Crippen molar-refractivity contribution in [3.05, 3.63) is 0 Å². The first-order chi connectivity index (χ1) is 6.52. The minimum absolute atomic E-state index is 0.000957. The molecule has 2 aliphatic heterocycles. The van der Waals surface area contributed by atoms with E-state index >= 15 is 0 Å². The van der Waals surface area contributed by atoms with Crippen LogP contribution < -0.4 is 5.32 Å². The van der Waals surface area contributed by atoms with E-state index in [1.54, 1.807) is 0 Å². The molecule has 0 aliphatic carbocycles. The first kappa shape index (κ1) is 10.4. The highest BCUT2D eigenvalue weighted by Gasteiger charge is 2.39. The summed E-state index contributed by atoms with van der Waals surface area (Å²) in [4.78, 5) is 0. The third kappa shape index (κ3) is 1.95. The molecule has 2 saturated heterocycles. The summed E-state index contributed by atoms with van der Waals surface area (Å²) < 4.78 is 10.9. The van der Waals surface area contributed by atoms with Crippen molar-refractivity contribution < 1.29 is 9.47 Å². The topological polar surface area (TPSA) is 30.5 Å². The Balaban J connectivity index is 1.80. The van der Waals surface area contributed by atoms with Crippen LogP contribution in [0.5, 0.6) is 0 Å². The molecule has 0 radical (unpaired) electrons. The molecule has 14 heavy (non-hydrogen) atoms. The van der Waals surface area contributed by atoms with E-state index in [4.69, 9.17) is 9.47 Å². The summed E-state index contributed by atoms with van der Waals surface area (Å²) in [5, 5.41) is 3.61. The highest BCUT2D eigenvalue weighted by atomic mass is 16.5. The standard InChI is InChI=1S/C11H21NO2/c1-10(2)9(4-5-14-10)12-6-11(3)7-13-8-11/h9,12H,4-8H2,1-3H3. The van der Waals surface area contributed by atoms with Gasteiger partial charge in [-0.25, -0.2) is 0 Å². The second kappa shape index (κ2) is 3.47. The molecular formula is C11H21NO2. The lowest BCUT2D eigenvalue weighted by Gasteiger charge is -2.40. The number of ether oxygens (including phenoxy) is 2. The Bertz CT molecular complexity index is 211. The Labute approximate surface area is 86.2 Å². The van der Waals surface area contributed by atoms with E-state index in [-0.39, 0.29) is 5.60 Å². The van der Waals surface area contributed by atoms with E-state index < -0.39 is 0 Å². The molecule has 0 bridgehead atoms. The third-order valence-corrected chi connectivity index (χ3v) is 3.40. The normalized spacial score (nSPS) is 34.1. The van der Waals surface area contributed by atoms with Crippen LogP contribution in [0.3, 0.4) is 0 Å². The minimum Gasteiger partial charge on any atom is -0.380 e. The summed E-state index contributed by atoms with van der Waals surface area (Å²) >= 11 is 0. The van der Waals surface area contributed by atoms with Crippen LogP contribution in [-0.2, 0) is 9.47 Å². The van der Waals surface area contributed by atoms with Gasteiger partial charge < -0.3 is 14.8 Å². The van der Waals surface area contributed by atoms with Crippen LogP contribution in [0.2, 0.25) is 0 Å². The molecule has 0 amide bonds. The summed E-state index contributed by atoms with van der Waals surface area (Å²) in [7, 11) is 0. The number of rotatable bonds is 3. The van der Waals surface area contributed by atoms with Gasteiger partial charge in [0, 0.05) is 24.6 Å². The number of hydrogen-bond acceptors (Lipinski definition) is 3. The predicted octanol–water partition coefficient (Wildman–Crippen LogP) is 1.18. The Kier molecular flexibility index (Phi) is 2.58. The fourth-order valence-electron chi connectivity index (χ4n) is 2.16. The Morgan fingerprint density at radius 2 is 2.00 bits per heavy atom. The summed E-state index contributed by atoms with van der Waals surface area (Å²) in [6.07, 6.45) is 1.13. The van der Waals surface area contributed by atoms with Gasteiger partial charge in [-0.15, -0.1) is 0 Å². The molecule has 1 N–H and O–H groups in total. The Morgan fingerprint density at radius 1 is 1.29 bits per heavy atom. The molecule has 2 heterocycles. The van der Waals surface area contributed by atoms with Gasteiger partial charge in [0.2, 0.25) is 0 Å². The van der Waals surface area contributed by atoms with Crippen molar-refractivity contribution in [2.45, 2.75) is 38.8 Å². The first-order valence-electron chi connectivity index (χ1n) is 5.47. The second-order valence-electron chi connectivity index (χ2n) is 5.48. The minimum atomic E-state index is 0.000957. The largest absolute Gasteiger partial charge is 0.380 e. The molecule has 3 heteroatoms. The average molecular weight is 199 g/mol. The van der Waals surface area contributed by atoms with Crippen LogP contribution in [0, 0.1) is 5.41 Å². The second-order valence-corrected chi connectivity index (χ2v) is 5.48. The van der Waals surface area contributed by atoms with E-state index in [1.807, 2.05) is 0 Å². The number of hydrogen-bond donors (Lipinski definition) is 1. The molecule has 2 fully saturated rings. The zero-order valence-corrected chi connectivity index (χ0v) is 9.43. The molecule has 0 spiro atoms. The van der Waals surface area contributed by atoms with E-state index in [0.717, 1.165) is 32.8 Å². The molecule has 1 atom stereocenters. The molecular weight excluding hydrogens is 178 g/mol. The lowest BCUT2D eigenvalue weighted by Crippen LogP contribution is -2.53. The molecule has 82 valence electrons. The van der Waals surface area contributed by atoms with Gasteiger partial charge in [-0.1, -0.05) is 6.92 Å². The van der Waals surface area contributed by atoms with Crippen LogP contribution >= 0.6 is 0 Å².